The molecule has 2 saturated heterocycles. The highest BCUT2D eigenvalue weighted by Crippen LogP contribution is 2.32. The first kappa shape index (κ1) is 31.0. The van der Waals surface area contributed by atoms with E-state index in [0.717, 1.165) is 35.8 Å². The Hall–Kier alpha value is -2.92. The van der Waals surface area contributed by atoms with Crippen LogP contribution in [0.15, 0.2) is 18.2 Å². The van der Waals surface area contributed by atoms with E-state index >= 15 is 0 Å². The van der Waals surface area contributed by atoms with Crippen LogP contribution in [0.3, 0.4) is 0 Å². The fourth-order valence-electron chi connectivity index (χ4n) is 5.37. The fourth-order valence-corrected chi connectivity index (χ4v) is 6.13. The number of rotatable bonds is 9. The van der Waals surface area contributed by atoms with Crippen molar-refractivity contribution in [3.05, 3.63) is 29.3 Å². The highest BCUT2D eigenvalue weighted by molar-refractivity contribution is 6.76. The molecule has 3 aliphatic heterocycles. The molecule has 3 heterocycles. The third-order valence-corrected chi connectivity index (χ3v) is 9.39. The maximum absolute atomic E-state index is 13.3. The molecule has 3 aliphatic rings. The number of likely N-dealkylation sites (tertiary alicyclic amines) is 2. The zero-order chi connectivity index (χ0) is 29.9. The van der Waals surface area contributed by atoms with E-state index in [1.165, 1.54) is 0 Å². The molecule has 41 heavy (non-hydrogen) atoms. The number of piperidine rings is 2. The van der Waals surface area contributed by atoms with Crippen LogP contribution in [-0.4, -0.2) is 90.8 Å². The lowest BCUT2D eigenvalue weighted by Gasteiger charge is -2.36. The van der Waals surface area contributed by atoms with Crippen molar-refractivity contribution in [1.29, 1.82) is 0 Å². The zero-order valence-electron chi connectivity index (χ0n) is 25.4. The molecule has 0 spiro atoms. The SMILES string of the molecule is CC(C)(C)OC(=O)N1CCCC[C@@H]1COc1ccc2c(c1)CN(C1CCC(=O)N(COCC[Si](C)(C)C)C1=O)C2=O. The Morgan fingerprint density at radius 1 is 1.07 bits per heavy atom. The second-order valence-electron chi connectivity index (χ2n) is 13.4. The van der Waals surface area contributed by atoms with Gasteiger partial charge in [-0.05, 0) is 76.3 Å². The largest absolute Gasteiger partial charge is 0.491 e. The maximum atomic E-state index is 13.3. The van der Waals surface area contributed by atoms with Gasteiger partial charge in [-0.3, -0.25) is 19.3 Å². The smallest absolute Gasteiger partial charge is 0.410 e. The minimum absolute atomic E-state index is 0.0763. The van der Waals surface area contributed by atoms with E-state index < -0.39 is 19.7 Å². The average Bonchev–Trinajstić information content (AvgIpc) is 3.20. The molecule has 0 aliphatic carbocycles. The number of hydrogen-bond acceptors (Lipinski definition) is 7. The van der Waals surface area contributed by atoms with E-state index in [1.54, 1.807) is 21.9 Å². The average molecular weight is 588 g/mol. The first-order chi connectivity index (χ1) is 19.2. The Bertz CT molecular complexity index is 1160. The summed E-state index contributed by atoms with van der Waals surface area (Å²) >= 11 is 0. The summed E-state index contributed by atoms with van der Waals surface area (Å²) < 4.78 is 17.4. The molecule has 0 radical (unpaired) electrons. The Kier molecular flexibility index (Phi) is 9.48. The van der Waals surface area contributed by atoms with Crippen LogP contribution in [0.5, 0.6) is 5.75 Å². The number of fused-ring (bicyclic) bond motifs is 1. The number of nitrogens with zero attached hydrogens (tertiary/aromatic N) is 3. The molecule has 0 bridgehead atoms. The summed E-state index contributed by atoms with van der Waals surface area (Å²) in [5, 5.41) is 0. The highest BCUT2D eigenvalue weighted by atomic mass is 28.3. The summed E-state index contributed by atoms with van der Waals surface area (Å²) in [5.41, 5.74) is 0.749. The van der Waals surface area contributed by atoms with Gasteiger partial charge in [0.05, 0.1) is 6.04 Å². The molecular weight excluding hydrogens is 542 g/mol. The molecule has 2 fully saturated rings. The molecule has 2 atom stereocenters. The monoisotopic (exact) mass is 587 g/mol. The lowest BCUT2D eigenvalue weighted by molar-refractivity contribution is -0.158. The number of ether oxygens (including phenoxy) is 3. The molecule has 0 aromatic heterocycles. The van der Waals surface area contributed by atoms with Crippen molar-refractivity contribution in [2.24, 2.45) is 0 Å². The molecule has 1 unspecified atom stereocenters. The summed E-state index contributed by atoms with van der Waals surface area (Å²) in [5.74, 6) is -0.258. The summed E-state index contributed by atoms with van der Waals surface area (Å²) in [6.07, 6.45) is 2.94. The Morgan fingerprint density at radius 2 is 1.83 bits per heavy atom. The number of imide groups is 1. The van der Waals surface area contributed by atoms with Crippen molar-refractivity contribution < 1.29 is 33.4 Å². The fraction of sp³-hybridized carbons (Fsp3) is 0.667. The van der Waals surface area contributed by atoms with Gasteiger partial charge in [0.2, 0.25) is 5.91 Å². The van der Waals surface area contributed by atoms with E-state index in [9.17, 15) is 19.2 Å². The quantitative estimate of drug-likeness (QED) is 0.235. The third-order valence-electron chi connectivity index (χ3n) is 7.68. The van der Waals surface area contributed by atoms with Crippen LogP contribution in [0.2, 0.25) is 25.7 Å². The summed E-state index contributed by atoms with van der Waals surface area (Å²) in [7, 11) is -1.30. The van der Waals surface area contributed by atoms with Crippen LogP contribution in [0.4, 0.5) is 4.79 Å². The van der Waals surface area contributed by atoms with Gasteiger partial charge in [-0.15, -0.1) is 0 Å². The number of hydrogen-bond donors (Lipinski definition) is 0. The van der Waals surface area contributed by atoms with Crippen molar-refractivity contribution in [2.45, 2.75) is 103 Å². The topological polar surface area (TPSA) is 106 Å². The van der Waals surface area contributed by atoms with Crippen molar-refractivity contribution in [2.75, 3.05) is 26.5 Å². The molecule has 11 heteroatoms. The van der Waals surface area contributed by atoms with Gasteiger partial charge in [-0.2, -0.15) is 0 Å². The van der Waals surface area contributed by atoms with Crippen molar-refractivity contribution in [3.8, 4) is 5.75 Å². The van der Waals surface area contributed by atoms with Gasteiger partial charge in [0.1, 0.15) is 30.7 Å². The summed E-state index contributed by atoms with van der Waals surface area (Å²) in [4.78, 5) is 56.3. The standard InChI is InChI=1S/C30H45N3O7Si/c1-30(2,3)40-29(37)31-14-8-7-9-22(31)19-39-23-10-11-24-21(17-23)18-32(27(24)35)25-12-13-26(34)33(28(25)36)20-38-15-16-41(4,5)6/h10-11,17,22,25H,7-9,12-16,18-20H2,1-6H3/t22-,25?/m1/s1. The lowest BCUT2D eigenvalue weighted by Crippen LogP contribution is -2.55. The van der Waals surface area contributed by atoms with E-state index in [0.29, 0.717) is 37.5 Å². The van der Waals surface area contributed by atoms with Gasteiger partial charge < -0.3 is 24.0 Å². The Balaban J connectivity index is 1.37. The second-order valence-corrected chi connectivity index (χ2v) is 19.1. The van der Waals surface area contributed by atoms with Crippen molar-refractivity contribution >= 4 is 31.9 Å². The number of amides is 4. The summed E-state index contributed by atoms with van der Waals surface area (Å²) in [6, 6.07) is 5.46. The number of carbonyl (C=O) groups is 4. The van der Waals surface area contributed by atoms with Gasteiger partial charge in [-0.25, -0.2) is 4.79 Å². The van der Waals surface area contributed by atoms with Gasteiger partial charge in [-0.1, -0.05) is 19.6 Å². The van der Waals surface area contributed by atoms with Crippen LogP contribution in [-0.2, 0) is 25.6 Å². The number of benzene rings is 1. The van der Waals surface area contributed by atoms with Gasteiger partial charge in [0, 0.05) is 39.8 Å². The van der Waals surface area contributed by atoms with E-state index in [4.69, 9.17) is 14.2 Å². The second kappa shape index (κ2) is 12.5. The first-order valence-electron chi connectivity index (χ1n) is 14.7. The van der Waals surface area contributed by atoms with Crippen LogP contribution in [0, 0.1) is 0 Å². The van der Waals surface area contributed by atoms with Crippen LogP contribution < -0.4 is 4.74 Å². The maximum Gasteiger partial charge on any atom is 0.410 e. The van der Waals surface area contributed by atoms with Gasteiger partial charge in [0.15, 0.2) is 0 Å². The van der Waals surface area contributed by atoms with E-state index in [1.807, 2.05) is 26.8 Å². The Morgan fingerprint density at radius 3 is 2.54 bits per heavy atom. The van der Waals surface area contributed by atoms with Crippen LogP contribution in [0.25, 0.3) is 0 Å². The summed E-state index contributed by atoms with van der Waals surface area (Å²) in [6.45, 7) is 14.0. The molecule has 4 rings (SSSR count). The van der Waals surface area contributed by atoms with Gasteiger partial charge >= 0.3 is 6.09 Å². The molecule has 1 aromatic carbocycles. The molecule has 1 aromatic rings. The molecule has 4 amide bonds. The van der Waals surface area contributed by atoms with Crippen LogP contribution >= 0.6 is 0 Å². The highest BCUT2D eigenvalue weighted by Gasteiger charge is 2.43. The molecule has 0 saturated carbocycles. The van der Waals surface area contributed by atoms with E-state index in [-0.39, 0.29) is 49.6 Å². The van der Waals surface area contributed by atoms with Gasteiger partial charge in [0.25, 0.3) is 11.8 Å². The third kappa shape index (κ3) is 7.88. The van der Waals surface area contributed by atoms with Crippen molar-refractivity contribution in [3.63, 3.8) is 0 Å². The molecule has 10 nitrogen and oxygen atoms in total. The van der Waals surface area contributed by atoms with Crippen molar-refractivity contribution in [1.82, 2.24) is 14.7 Å². The number of carbonyl (C=O) groups excluding carboxylic acids is 4. The first-order valence-corrected chi connectivity index (χ1v) is 18.4. The molecule has 0 N–H and O–H groups in total. The minimum atomic E-state index is -1.30. The van der Waals surface area contributed by atoms with Crippen LogP contribution in [0.1, 0.15) is 68.8 Å². The molecule has 226 valence electrons. The lowest BCUT2D eigenvalue weighted by atomic mass is 10.0. The normalized spacial score (nSPS) is 21.8. The van der Waals surface area contributed by atoms with E-state index in [2.05, 4.69) is 19.6 Å². The Labute approximate surface area is 244 Å². The predicted octanol–water partition coefficient (Wildman–Crippen LogP) is 4.64. The minimum Gasteiger partial charge on any atom is -0.491 e. The molecular formula is C30H45N3O7Si. The zero-order valence-corrected chi connectivity index (χ0v) is 26.4. The predicted molar refractivity (Wildman–Crippen MR) is 156 cm³/mol.